The van der Waals surface area contributed by atoms with Crippen molar-refractivity contribution in [2.24, 2.45) is 0 Å². The third kappa shape index (κ3) is 1.24. The number of aromatic amines is 1. The molecular formula is C11H11NO. The molecule has 0 aliphatic carbocycles. The number of hydrogen-bond acceptors (Lipinski definition) is 1. The third-order valence-corrected chi connectivity index (χ3v) is 2.21. The van der Waals surface area contributed by atoms with Crippen molar-refractivity contribution in [1.82, 2.24) is 4.98 Å². The lowest BCUT2D eigenvalue weighted by molar-refractivity contribution is 1.26. The van der Waals surface area contributed by atoms with Gasteiger partial charge in [-0.2, -0.15) is 0 Å². The van der Waals surface area contributed by atoms with Crippen LogP contribution in [-0.4, -0.2) is 4.98 Å². The Hall–Kier alpha value is -1.57. The minimum absolute atomic E-state index is 0.00463. The van der Waals surface area contributed by atoms with E-state index < -0.39 is 0 Å². The third-order valence-electron chi connectivity index (χ3n) is 2.21. The molecular weight excluding hydrogens is 162 g/mol. The quantitative estimate of drug-likeness (QED) is 0.650. The van der Waals surface area contributed by atoms with Gasteiger partial charge in [-0.15, -0.1) is 0 Å². The molecule has 0 radical (unpaired) electrons. The summed E-state index contributed by atoms with van der Waals surface area (Å²) >= 11 is 0. The molecule has 0 aliphatic rings. The van der Waals surface area contributed by atoms with E-state index in [0.29, 0.717) is 0 Å². The lowest BCUT2D eigenvalue weighted by atomic mass is 10.0. The Labute approximate surface area is 76.2 Å². The minimum atomic E-state index is -0.00463. The molecule has 0 saturated heterocycles. The van der Waals surface area contributed by atoms with Crippen molar-refractivity contribution < 1.29 is 0 Å². The highest BCUT2D eigenvalue weighted by Gasteiger charge is 2.01. The standard InChI is InChI=1S/C11H11NO/c1-7-5-8(2)10-9(6-7)3-4-12-11(10)13/h3-6H,1-2H3,(H,12,13). The summed E-state index contributed by atoms with van der Waals surface area (Å²) < 4.78 is 0. The van der Waals surface area contributed by atoms with Gasteiger partial charge in [-0.1, -0.05) is 17.7 Å². The predicted molar refractivity (Wildman–Crippen MR) is 54.0 cm³/mol. The average Bonchev–Trinajstić information content (AvgIpc) is 2.02. The van der Waals surface area contributed by atoms with Crippen LogP contribution in [0.3, 0.4) is 0 Å². The number of fused-ring (bicyclic) bond motifs is 1. The Morgan fingerprint density at radius 1 is 1.23 bits per heavy atom. The monoisotopic (exact) mass is 173 g/mol. The molecule has 2 aromatic rings. The molecule has 2 nitrogen and oxygen atoms in total. The van der Waals surface area contributed by atoms with E-state index >= 15 is 0 Å². The van der Waals surface area contributed by atoms with Gasteiger partial charge in [0, 0.05) is 11.6 Å². The summed E-state index contributed by atoms with van der Waals surface area (Å²) in [6.45, 7) is 4.00. The number of nitrogens with one attached hydrogen (secondary N) is 1. The van der Waals surface area contributed by atoms with Gasteiger partial charge in [-0.25, -0.2) is 0 Å². The first kappa shape index (κ1) is 8.05. The number of aromatic nitrogens is 1. The van der Waals surface area contributed by atoms with Crippen molar-refractivity contribution in [2.45, 2.75) is 13.8 Å². The maximum atomic E-state index is 11.5. The number of rotatable bonds is 0. The lowest BCUT2D eigenvalue weighted by Gasteiger charge is -2.01. The fourth-order valence-electron chi connectivity index (χ4n) is 1.72. The summed E-state index contributed by atoms with van der Waals surface area (Å²) in [7, 11) is 0. The average molecular weight is 173 g/mol. The first-order chi connectivity index (χ1) is 6.18. The number of hydrogen-bond donors (Lipinski definition) is 1. The van der Waals surface area contributed by atoms with Gasteiger partial charge in [0.2, 0.25) is 0 Å². The van der Waals surface area contributed by atoms with Crippen molar-refractivity contribution >= 4 is 10.8 Å². The Kier molecular flexibility index (Phi) is 1.69. The molecule has 1 aromatic heterocycles. The normalized spacial score (nSPS) is 10.6. The zero-order valence-corrected chi connectivity index (χ0v) is 7.72. The van der Waals surface area contributed by atoms with Gasteiger partial charge < -0.3 is 4.98 Å². The minimum Gasteiger partial charge on any atom is -0.329 e. The Morgan fingerprint density at radius 3 is 2.77 bits per heavy atom. The van der Waals surface area contributed by atoms with Gasteiger partial charge in [0.25, 0.3) is 5.56 Å². The largest absolute Gasteiger partial charge is 0.329 e. The predicted octanol–water partition coefficient (Wildman–Crippen LogP) is 2.14. The van der Waals surface area contributed by atoms with Gasteiger partial charge in [-0.05, 0) is 30.9 Å². The number of aryl methyl sites for hydroxylation is 2. The van der Waals surface area contributed by atoms with Crippen LogP contribution in [-0.2, 0) is 0 Å². The van der Waals surface area contributed by atoms with Crippen molar-refractivity contribution in [3.63, 3.8) is 0 Å². The van der Waals surface area contributed by atoms with Crippen LogP contribution in [0.5, 0.6) is 0 Å². The van der Waals surface area contributed by atoms with E-state index in [1.54, 1.807) is 6.20 Å². The molecule has 0 atom stereocenters. The first-order valence-corrected chi connectivity index (χ1v) is 4.27. The number of pyridine rings is 1. The topological polar surface area (TPSA) is 32.9 Å². The van der Waals surface area contributed by atoms with Gasteiger partial charge in [0.15, 0.2) is 0 Å². The van der Waals surface area contributed by atoms with E-state index in [9.17, 15) is 4.79 Å². The van der Waals surface area contributed by atoms with Crippen molar-refractivity contribution in [3.8, 4) is 0 Å². The molecule has 0 amide bonds. The van der Waals surface area contributed by atoms with Crippen molar-refractivity contribution in [1.29, 1.82) is 0 Å². The van der Waals surface area contributed by atoms with Crippen LogP contribution >= 0.6 is 0 Å². The molecule has 0 aliphatic heterocycles. The zero-order valence-electron chi connectivity index (χ0n) is 7.72. The van der Waals surface area contributed by atoms with E-state index in [4.69, 9.17) is 0 Å². The summed E-state index contributed by atoms with van der Waals surface area (Å²) in [4.78, 5) is 14.1. The molecule has 0 saturated carbocycles. The van der Waals surface area contributed by atoms with Crippen LogP contribution in [0.2, 0.25) is 0 Å². The van der Waals surface area contributed by atoms with Crippen LogP contribution in [0.1, 0.15) is 11.1 Å². The number of benzene rings is 1. The summed E-state index contributed by atoms with van der Waals surface area (Å²) in [6.07, 6.45) is 1.68. The Balaban J connectivity index is 3.03. The number of H-pyrrole nitrogens is 1. The van der Waals surface area contributed by atoms with E-state index in [0.717, 1.165) is 16.3 Å². The van der Waals surface area contributed by atoms with Crippen LogP contribution < -0.4 is 5.56 Å². The first-order valence-electron chi connectivity index (χ1n) is 4.27. The van der Waals surface area contributed by atoms with E-state index in [-0.39, 0.29) is 5.56 Å². The van der Waals surface area contributed by atoms with Crippen LogP contribution in [0.4, 0.5) is 0 Å². The van der Waals surface area contributed by atoms with E-state index in [2.05, 4.69) is 4.98 Å². The molecule has 13 heavy (non-hydrogen) atoms. The summed E-state index contributed by atoms with van der Waals surface area (Å²) in [5, 5.41) is 1.81. The maximum Gasteiger partial charge on any atom is 0.256 e. The molecule has 2 rings (SSSR count). The van der Waals surface area contributed by atoms with Crippen LogP contribution in [0.25, 0.3) is 10.8 Å². The second-order valence-corrected chi connectivity index (χ2v) is 3.35. The molecule has 0 unspecified atom stereocenters. The highest BCUT2D eigenvalue weighted by atomic mass is 16.1. The van der Waals surface area contributed by atoms with Crippen molar-refractivity contribution in [3.05, 3.63) is 45.9 Å². The fourth-order valence-corrected chi connectivity index (χ4v) is 1.72. The highest BCUT2D eigenvalue weighted by molar-refractivity contribution is 5.85. The summed E-state index contributed by atoms with van der Waals surface area (Å²) in [5.74, 6) is 0. The Bertz CT molecular complexity index is 511. The molecule has 66 valence electrons. The molecule has 0 fully saturated rings. The van der Waals surface area contributed by atoms with Crippen molar-refractivity contribution in [2.75, 3.05) is 0 Å². The van der Waals surface area contributed by atoms with E-state index in [1.165, 1.54) is 5.56 Å². The molecule has 1 heterocycles. The Morgan fingerprint density at radius 2 is 2.00 bits per heavy atom. The zero-order chi connectivity index (χ0) is 9.42. The van der Waals surface area contributed by atoms with Gasteiger partial charge in [-0.3, -0.25) is 4.79 Å². The van der Waals surface area contributed by atoms with Crippen LogP contribution in [0, 0.1) is 13.8 Å². The second-order valence-electron chi connectivity index (χ2n) is 3.35. The van der Waals surface area contributed by atoms with E-state index in [1.807, 2.05) is 32.0 Å². The smallest absolute Gasteiger partial charge is 0.256 e. The molecule has 1 N–H and O–H groups in total. The molecule has 0 spiro atoms. The van der Waals surface area contributed by atoms with Gasteiger partial charge in [0.1, 0.15) is 0 Å². The lowest BCUT2D eigenvalue weighted by Crippen LogP contribution is -2.06. The second kappa shape index (κ2) is 2.73. The molecule has 0 bridgehead atoms. The van der Waals surface area contributed by atoms with Crippen LogP contribution in [0.15, 0.2) is 29.2 Å². The highest BCUT2D eigenvalue weighted by Crippen LogP contribution is 2.15. The summed E-state index contributed by atoms with van der Waals surface area (Å²) in [6, 6.07) is 5.98. The summed E-state index contributed by atoms with van der Waals surface area (Å²) in [5.41, 5.74) is 2.22. The maximum absolute atomic E-state index is 11.5. The van der Waals surface area contributed by atoms with Gasteiger partial charge >= 0.3 is 0 Å². The van der Waals surface area contributed by atoms with Gasteiger partial charge in [0.05, 0.1) is 0 Å². The fraction of sp³-hybridized carbons (Fsp3) is 0.182. The molecule has 2 heteroatoms. The SMILES string of the molecule is Cc1cc(C)c2c(=O)[nH]ccc2c1. The molecule has 1 aromatic carbocycles.